The number of hydrogen-bond acceptors (Lipinski definition) is 5. The Balaban J connectivity index is 1.65. The summed E-state index contributed by atoms with van der Waals surface area (Å²) >= 11 is 1.51. The number of imide groups is 1. The minimum Gasteiger partial charge on any atom is -0.497 e. The van der Waals surface area contributed by atoms with Gasteiger partial charge in [0.05, 0.1) is 19.2 Å². The highest BCUT2D eigenvalue weighted by molar-refractivity contribution is 7.11. The van der Waals surface area contributed by atoms with Crippen LogP contribution in [0.5, 0.6) is 5.75 Å². The Morgan fingerprint density at radius 3 is 2.39 bits per heavy atom. The van der Waals surface area contributed by atoms with E-state index in [9.17, 15) is 9.59 Å². The van der Waals surface area contributed by atoms with Crippen LogP contribution in [0, 0.1) is 5.92 Å². The molecule has 0 spiro atoms. The summed E-state index contributed by atoms with van der Waals surface area (Å²) in [6.07, 6.45) is 2.09. The fourth-order valence-electron chi connectivity index (χ4n) is 3.79. The van der Waals surface area contributed by atoms with Crippen molar-refractivity contribution in [3.8, 4) is 5.75 Å². The molecule has 0 saturated carbocycles. The summed E-state index contributed by atoms with van der Waals surface area (Å²) in [5.41, 5.74) is 2.04. The van der Waals surface area contributed by atoms with Gasteiger partial charge >= 0.3 is 0 Å². The number of likely N-dealkylation sites (tertiary alicyclic amines) is 1. The van der Waals surface area contributed by atoms with Crippen molar-refractivity contribution in [3.05, 3.63) is 57.9 Å². The molecular formula is C22H24N2O3S. The van der Waals surface area contributed by atoms with Gasteiger partial charge in [-0.25, -0.2) is 0 Å². The van der Waals surface area contributed by atoms with E-state index in [2.05, 4.69) is 11.8 Å². The van der Waals surface area contributed by atoms with Gasteiger partial charge in [-0.05, 0) is 47.9 Å². The molecular weight excluding hydrogens is 372 g/mol. The third-order valence-electron chi connectivity index (χ3n) is 5.51. The summed E-state index contributed by atoms with van der Waals surface area (Å²) < 4.78 is 5.19. The molecule has 0 N–H and O–H groups in total. The first-order valence-electron chi connectivity index (χ1n) is 9.60. The lowest BCUT2D eigenvalue weighted by atomic mass is 9.98. The molecule has 0 radical (unpaired) electrons. The summed E-state index contributed by atoms with van der Waals surface area (Å²) in [6, 6.07) is 11.3. The first-order valence-corrected chi connectivity index (χ1v) is 10.5. The summed E-state index contributed by atoms with van der Waals surface area (Å²) in [5, 5.41) is 1.95. The Kier molecular flexibility index (Phi) is 5.22. The van der Waals surface area contributed by atoms with Crippen LogP contribution in [0.15, 0.2) is 47.5 Å². The molecule has 1 aromatic heterocycles. The van der Waals surface area contributed by atoms with Crippen LogP contribution in [0.4, 0.5) is 0 Å². The van der Waals surface area contributed by atoms with E-state index in [1.54, 1.807) is 7.11 Å². The van der Waals surface area contributed by atoms with E-state index in [1.165, 1.54) is 16.2 Å². The predicted molar refractivity (Wildman–Crippen MR) is 110 cm³/mol. The number of piperidine rings is 1. The van der Waals surface area contributed by atoms with Crippen molar-refractivity contribution in [1.29, 1.82) is 0 Å². The fraction of sp³-hybridized carbons (Fsp3) is 0.364. The number of amides is 2. The second-order valence-corrected chi connectivity index (χ2v) is 8.36. The maximum Gasteiger partial charge on any atom is 0.278 e. The summed E-state index contributed by atoms with van der Waals surface area (Å²) in [7, 11) is 1.62. The Morgan fingerprint density at radius 2 is 1.79 bits per heavy atom. The van der Waals surface area contributed by atoms with Crippen LogP contribution in [0.1, 0.15) is 30.2 Å². The molecule has 2 aliphatic heterocycles. The highest BCUT2D eigenvalue weighted by Gasteiger charge is 2.42. The average Bonchev–Trinajstić information content (AvgIpc) is 3.32. The monoisotopic (exact) mass is 396 g/mol. The number of thiophene rings is 1. The zero-order valence-corrected chi connectivity index (χ0v) is 17.0. The second kappa shape index (κ2) is 7.80. The number of nitrogens with zero attached hydrogens (tertiary/aromatic N) is 2. The van der Waals surface area contributed by atoms with Gasteiger partial charge in [0.2, 0.25) is 0 Å². The van der Waals surface area contributed by atoms with Gasteiger partial charge in [-0.15, -0.1) is 11.3 Å². The van der Waals surface area contributed by atoms with Crippen LogP contribution in [0.2, 0.25) is 0 Å². The summed E-state index contributed by atoms with van der Waals surface area (Å²) in [4.78, 5) is 30.9. The third kappa shape index (κ3) is 3.44. The topological polar surface area (TPSA) is 49.9 Å². The molecule has 6 heteroatoms. The maximum absolute atomic E-state index is 13.3. The zero-order chi connectivity index (χ0) is 19.7. The number of hydrogen-bond donors (Lipinski definition) is 0. The highest BCUT2D eigenvalue weighted by atomic mass is 32.1. The van der Waals surface area contributed by atoms with E-state index in [0.29, 0.717) is 17.2 Å². The van der Waals surface area contributed by atoms with Gasteiger partial charge in [-0.1, -0.05) is 25.1 Å². The van der Waals surface area contributed by atoms with Crippen LogP contribution in [0.25, 0.3) is 5.57 Å². The van der Waals surface area contributed by atoms with Crippen LogP contribution >= 0.6 is 11.3 Å². The molecule has 2 aliphatic rings. The highest BCUT2D eigenvalue weighted by Crippen LogP contribution is 2.36. The van der Waals surface area contributed by atoms with Crippen molar-refractivity contribution in [3.63, 3.8) is 0 Å². The normalized spacial score (nSPS) is 18.4. The van der Waals surface area contributed by atoms with E-state index in [4.69, 9.17) is 4.74 Å². The minimum atomic E-state index is -0.197. The van der Waals surface area contributed by atoms with E-state index in [-0.39, 0.29) is 18.4 Å². The molecule has 4 rings (SSSR count). The largest absolute Gasteiger partial charge is 0.497 e. The number of methoxy groups -OCH3 is 1. The van der Waals surface area contributed by atoms with Crippen molar-refractivity contribution in [2.24, 2.45) is 5.92 Å². The smallest absolute Gasteiger partial charge is 0.278 e. The zero-order valence-electron chi connectivity index (χ0n) is 16.2. The molecule has 0 unspecified atom stereocenters. The van der Waals surface area contributed by atoms with Gasteiger partial charge in [-0.2, -0.15) is 0 Å². The SMILES string of the molecule is COc1ccc(CN2C(=O)C(c3cccs3)=C(N3CCC(C)CC3)C2=O)cc1. The van der Waals surface area contributed by atoms with E-state index < -0.39 is 0 Å². The molecule has 5 nitrogen and oxygen atoms in total. The Labute approximate surface area is 169 Å². The van der Waals surface area contributed by atoms with Gasteiger partial charge in [-0.3, -0.25) is 14.5 Å². The summed E-state index contributed by atoms with van der Waals surface area (Å²) in [6.45, 7) is 4.15. The van der Waals surface area contributed by atoms with Crippen LogP contribution in [-0.4, -0.2) is 41.8 Å². The second-order valence-electron chi connectivity index (χ2n) is 7.42. The molecule has 28 heavy (non-hydrogen) atoms. The van der Waals surface area contributed by atoms with Crippen LogP contribution in [0.3, 0.4) is 0 Å². The molecule has 1 fully saturated rings. The van der Waals surface area contributed by atoms with Gasteiger partial charge in [0, 0.05) is 18.0 Å². The first kappa shape index (κ1) is 18.7. The quantitative estimate of drug-likeness (QED) is 0.722. The molecule has 0 atom stereocenters. The average molecular weight is 397 g/mol. The lowest BCUT2D eigenvalue weighted by molar-refractivity contribution is -0.138. The first-order chi connectivity index (χ1) is 13.6. The molecule has 2 amide bonds. The number of rotatable bonds is 5. The molecule has 2 aromatic rings. The minimum absolute atomic E-state index is 0.182. The molecule has 0 bridgehead atoms. The lowest BCUT2D eigenvalue weighted by Gasteiger charge is -2.32. The maximum atomic E-state index is 13.3. The molecule has 1 aromatic carbocycles. The Morgan fingerprint density at radius 1 is 1.07 bits per heavy atom. The number of carbonyl (C=O) groups excluding carboxylic acids is 2. The van der Waals surface area contributed by atoms with E-state index in [0.717, 1.165) is 42.1 Å². The van der Waals surface area contributed by atoms with Crippen molar-refractivity contribution < 1.29 is 14.3 Å². The summed E-state index contributed by atoms with van der Waals surface area (Å²) in [5.74, 6) is 1.03. The molecule has 3 heterocycles. The molecule has 1 saturated heterocycles. The Bertz CT molecular complexity index is 894. The van der Waals surface area contributed by atoms with Crippen molar-refractivity contribution in [2.75, 3.05) is 20.2 Å². The van der Waals surface area contributed by atoms with Crippen molar-refractivity contribution in [1.82, 2.24) is 9.80 Å². The lowest BCUT2D eigenvalue weighted by Crippen LogP contribution is -2.38. The number of ether oxygens (including phenoxy) is 1. The van der Waals surface area contributed by atoms with Gasteiger partial charge < -0.3 is 9.64 Å². The predicted octanol–water partition coefficient (Wildman–Crippen LogP) is 3.77. The fourth-order valence-corrected chi connectivity index (χ4v) is 4.55. The van der Waals surface area contributed by atoms with Crippen LogP contribution in [-0.2, 0) is 16.1 Å². The standard InChI is InChI=1S/C22H24N2O3S/c1-15-9-11-23(12-10-15)20-19(18-4-3-13-28-18)21(25)24(22(20)26)14-16-5-7-17(27-2)8-6-16/h3-8,13,15H,9-12,14H2,1-2H3. The van der Waals surface area contributed by atoms with E-state index in [1.807, 2.05) is 41.8 Å². The van der Waals surface area contributed by atoms with Gasteiger partial charge in [0.1, 0.15) is 11.4 Å². The van der Waals surface area contributed by atoms with Gasteiger partial charge in [0.25, 0.3) is 11.8 Å². The third-order valence-corrected chi connectivity index (χ3v) is 6.40. The van der Waals surface area contributed by atoms with Crippen molar-refractivity contribution in [2.45, 2.75) is 26.3 Å². The number of carbonyl (C=O) groups is 2. The number of benzene rings is 1. The molecule has 146 valence electrons. The van der Waals surface area contributed by atoms with E-state index >= 15 is 0 Å². The van der Waals surface area contributed by atoms with Crippen LogP contribution < -0.4 is 4.74 Å². The van der Waals surface area contributed by atoms with Gasteiger partial charge in [0.15, 0.2) is 0 Å². The molecule has 0 aliphatic carbocycles. The Hall–Kier alpha value is -2.60. The van der Waals surface area contributed by atoms with Crippen molar-refractivity contribution >= 4 is 28.7 Å².